The molecular formula is C11H9ClN4O. The van der Waals surface area contributed by atoms with Gasteiger partial charge in [0.1, 0.15) is 5.69 Å². The number of nitrogens with zero attached hydrogens (tertiary/aromatic N) is 3. The van der Waals surface area contributed by atoms with Crippen molar-refractivity contribution in [2.45, 2.75) is 6.92 Å². The van der Waals surface area contributed by atoms with Crippen molar-refractivity contribution in [2.75, 3.05) is 5.32 Å². The van der Waals surface area contributed by atoms with E-state index >= 15 is 0 Å². The van der Waals surface area contributed by atoms with Gasteiger partial charge in [0.05, 0.1) is 5.02 Å². The highest BCUT2D eigenvalue weighted by molar-refractivity contribution is 6.30. The third-order valence-corrected chi connectivity index (χ3v) is 2.20. The van der Waals surface area contributed by atoms with Crippen LogP contribution in [0.3, 0.4) is 0 Å². The minimum Gasteiger partial charge on any atom is -0.289 e. The van der Waals surface area contributed by atoms with E-state index in [4.69, 9.17) is 11.6 Å². The summed E-state index contributed by atoms with van der Waals surface area (Å²) in [6.07, 6.45) is 2.99. The van der Waals surface area contributed by atoms with Gasteiger partial charge in [0.15, 0.2) is 0 Å². The van der Waals surface area contributed by atoms with Gasteiger partial charge in [-0.25, -0.2) is 15.0 Å². The van der Waals surface area contributed by atoms with Crippen LogP contribution < -0.4 is 5.32 Å². The first-order valence-electron chi connectivity index (χ1n) is 4.88. The summed E-state index contributed by atoms with van der Waals surface area (Å²) in [7, 11) is 0. The lowest BCUT2D eigenvalue weighted by Gasteiger charge is -2.03. The molecule has 0 radical (unpaired) electrons. The molecule has 6 heteroatoms. The maximum absolute atomic E-state index is 11.7. The molecule has 0 atom stereocenters. The first-order valence-corrected chi connectivity index (χ1v) is 5.25. The maximum atomic E-state index is 11.7. The molecule has 1 amide bonds. The van der Waals surface area contributed by atoms with Crippen molar-refractivity contribution in [1.82, 2.24) is 15.0 Å². The van der Waals surface area contributed by atoms with Crippen molar-refractivity contribution in [1.29, 1.82) is 0 Å². The van der Waals surface area contributed by atoms with Gasteiger partial charge < -0.3 is 0 Å². The number of hydrogen-bond acceptors (Lipinski definition) is 4. The minimum absolute atomic E-state index is 0.256. The van der Waals surface area contributed by atoms with Crippen LogP contribution in [0.25, 0.3) is 0 Å². The predicted molar refractivity (Wildman–Crippen MR) is 64.0 cm³/mol. The molecule has 86 valence electrons. The highest BCUT2D eigenvalue weighted by Gasteiger charge is 2.08. The minimum atomic E-state index is -0.368. The summed E-state index contributed by atoms with van der Waals surface area (Å²) < 4.78 is 0. The van der Waals surface area contributed by atoms with Crippen LogP contribution in [-0.2, 0) is 0 Å². The van der Waals surface area contributed by atoms with Crippen LogP contribution in [0.4, 0.5) is 5.95 Å². The van der Waals surface area contributed by atoms with Crippen molar-refractivity contribution in [3.8, 4) is 0 Å². The Hall–Kier alpha value is -2.01. The van der Waals surface area contributed by atoms with Crippen LogP contribution in [0, 0.1) is 6.92 Å². The van der Waals surface area contributed by atoms with Gasteiger partial charge in [-0.15, -0.1) is 0 Å². The fourth-order valence-corrected chi connectivity index (χ4v) is 1.30. The molecule has 0 spiro atoms. The van der Waals surface area contributed by atoms with E-state index in [9.17, 15) is 4.79 Å². The second-order valence-corrected chi connectivity index (χ2v) is 3.77. The van der Waals surface area contributed by atoms with Gasteiger partial charge in [-0.2, -0.15) is 0 Å². The van der Waals surface area contributed by atoms with Crippen LogP contribution >= 0.6 is 11.6 Å². The second kappa shape index (κ2) is 4.88. The molecule has 2 rings (SSSR count). The van der Waals surface area contributed by atoms with Gasteiger partial charge in [0.25, 0.3) is 5.91 Å². The number of pyridine rings is 1. The lowest BCUT2D eigenvalue weighted by molar-refractivity contribution is 0.102. The van der Waals surface area contributed by atoms with Crippen LogP contribution in [-0.4, -0.2) is 20.9 Å². The molecule has 0 aromatic carbocycles. The normalized spacial score (nSPS) is 10.0. The van der Waals surface area contributed by atoms with Crippen molar-refractivity contribution < 1.29 is 4.79 Å². The monoisotopic (exact) mass is 248 g/mol. The average molecular weight is 249 g/mol. The van der Waals surface area contributed by atoms with Gasteiger partial charge in [0, 0.05) is 18.1 Å². The molecule has 2 aromatic rings. The molecule has 1 N–H and O–H groups in total. The lowest BCUT2D eigenvalue weighted by Crippen LogP contribution is -2.15. The number of carbonyl (C=O) groups excluding carboxylic acids is 1. The smallest absolute Gasteiger partial charge is 0.276 e. The van der Waals surface area contributed by atoms with E-state index in [1.165, 1.54) is 12.3 Å². The zero-order valence-corrected chi connectivity index (χ0v) is 9.77. The quantitative estimate of drug-likeness (QED) is 0.884. The molecule has 0 aliphatic rings. The Labute approximate surface area is 103 Å². The molecule has 2 aromatic heterocycles. The molecule has 17 heavy (non-hydrogen) atoms. The Kier molecular flexibility index (Phi) is 3.30. The largest absolute Gasteiger partial charge is 0.289 e. The van der Waals surface area contributed by atoms with Crippen molar-refractivity contribution >= 4 is 23.5 Å². The number of aryl methyl sites for hydroxylation is 1. The molecule has 0 fully saturated rings. The predicted octanol–water partition coefficient (Wildman–Crippen LogP) is 2.09. The Morgan fingerprint density at radius 1 is 1.29 bits per heavy atom. The third kappa shape index (κ3) is 2.98. The summed E-state index contributed by atoms with van der Waals surface area (Å²) in [5.74, 6) is -0.112. The summed E-state index contributed by atoms with van der Waals surface area (Å²) >= 11 is 5.68. The average Bonchev–Trinajstić information content (AvgIpc) is 2.29. The van der Waals surface area contributed by atoms with Crippen LogP contribution in [0.5, 0.6) is 0 Å². The Morgan fingerprint density at radius 3 is 2.76 bits per heavy atom. The molecule has 0 unspecified atom stereocenters. The molecule has 0 aliphatic heterocycles. The maximum Gasteiger partial charge on any atom is 0.276 e. The Bertz CT molecular complexity index is 541. The first-order chi connectivity index (χ1) is 8.15. The summed E-state index contributed by atoms with van der Waals surface area (Å²) in [6.45, 7) is 1.82. The highest BCUT2D eigenvalue weighted by atomic mass is 35.5. The molecule has 0 aliphatic carbocycles. The number of anilines is 1. The van der Waals surface area contributed by atoms with Crippen LogP contribution in [0.15, 0.2) is 30.6 Å². The van der Waals surface area contributed by atoms with Gasteiger partial charge in [-0.1, -0.05) is 11.6 Å². The number of halogens is 1. The summed E-state index contributed by atoms with van der Waals surface area (Å²) in [5, 5.41) is 3.03. The molecule has 5 nitrogen and oxygen atoms in total. The summed E-state index contributed by atoms with van der Waals surface area (Å²) in [6, 6.07) is 4.88. The zero-order valence-electron chi connectivity index (χ0n) is 9.01. The molecule has 0 saturated heterocycles. The SMILES string of the molecule is Cc1ccnc(NC(=O)c2ccc(Cl)cn2)n1. The number of carbonyl (C=O) groups is 1. The van der Waals surface area contributed by atoms with Crippen molar-refractivity contribution in [3.05, 3.63) is 47.0 Å². The zero-order chi connectivity index (χ0) is 12.3. The standard InChI is InChI=1S/C11H9ClN4O/c1-7-4-5-13-11(15-7)16-10(17)9-3-2-8(12)6-14-9/h2-6H,1H3,(H,13,15,16,17). The summed E-state index contributed by atoms with van der Waals surface area (Å²) in [4.78, 5) is 23.6. The Balaban J connectivity index is 2.14. The van der Waals surface area contributed by atoms with Crippen molar-refractivity contribution in [2.24, 2.45) is 0 Å². The van der Waals surface area contributed by atoms with E-state index in [2.05, 4.69) is 20.3 Å². The lowest BCUT2D eigenvalue weighted by atomic mass is 10.3. The number of aromatic nitrogens is 3. The van der Waals surface area contributed by atoms with E-state index in [0.717, 1.165) is 5.69 Å². The topological polar surface area (TPSA) is 67.8 Å². The Morgan fingerprint density at radius 2 is 2.12 bits per heavy atom. The van der Waals surface area contributed by atoms with Gasteiger partial charge in [-0.3, -0.25) is 10.1 Å². The van der Waals surface area contributed by atoms with E-state index in [1.54, 1.807) is 18.3 Å². The fraction of sp³-hybridized carbons (Fsp3) is 0.0909. The van der Waals surface area contributed by atoms with E-state index in [0.29, 0.717) is 5.02 Å². The number of nitrogens with one attached hydrogen (secondary N) is 1. The van der Waals surface area contributed by atoms with Gasteiger partial charge in [0.2, 0.25) is 5.95 Å². The molecule has 0 saturated carbocycles. The van der Waals surface area contributed by atoms with Crippen LogP contribution in [0.2, 0.25) is 5.02 Å². The number of hydrogen-bond donors (Lipinski definition) is 1. The summed E-state index contributed by atoms with van der Waals surface area (Å²) in [5.41, 5.74) is 1.04. The molecule has 0 bridgehead atoms. The molecule has 2 heterocycles. The van der Waals surface area contributed by atoms with E-state index in [1.807, 2.05) is 6.92 Å². The third-order valence-electron chi connectivity index (χ3n) is 1.98. The highest BCUT2D eigenvalue weighted by Crippen LogP contribution is 2.07. The first kappa shape index (κ1) is 11.5. The van der Waals surface area contributed by atoms with Crippen molar-refractivity contribution in [3.63, 3.8) is 0 Å². The number of amides is 1. The molecular weight excluding hydrogens is 240 g/mol. The fourth-order valence-electron chi connectivity index (χ4n) is 1.18. The van der Waals surface area contributed by atoms with Gasteiger partial charge in [-0.05, 0) is 25.1 Å². The van der Waals surface area contributed by atoms with Crippen LogP contribution in [0.1, 0.15) is 16.2 Å². The number of rotatable bonds is 2. The second-order valence-electron chi connectivity index (χ2n) is 3.34. The van der Waals surface area contributed by atoms with E-state index < -0.39 is 0 Å². The van der Waals surface area contributed by atoms with Gasteiger partial charge >= 0.3 is 0 Å². The van der Waals surface area contributed by atoms with E-state index in [-0.39, 0.29) is 17.5 Å².